The average molecular weight is 325 g/mol. The van der Waals surface area contributed by atoms with Crippen LogP contribution < -0.4 is 0 Å². The van der Waals surface area contributed by atoms with Gasteiger partial charge in [0.1, 0.15) is 5.60 Å². The molecule has 2 heterocycles. The molecule has 23 heavy (non-hydrogen) atoms. The molecule has 0 aromatic heterocycles. The molecule has 0 aromatic carbocycles. The monoisotopic (exact) mass is 325 g/mol. The highest BCUT2D eigenvalue weighted by molar-refractivity contribution is 6.45. The van der Waals surface area contributed by atoms with E-state index in [2.05, 4.69) is 27.7 Å². The molecular formula is C17H32BNO4. The molecule has 1 amide bonds. The van der Waals surface area contributed by atoms with Crippen LogP contribution in [0, 0.1) is 0 Å². The molecule has 0 bridgehead atoms. The van der Waals surface area contributed by atoms with Gasteiger partial charge in [0.15, 0.2) is 0 Å². The van der Waals surface area contributed by atoms with Gasteiger partial charge in [-0.1, -0.05) is 0 Å². The maximum Gasteiger partial charge on any atom is 0.459 e. The van der Waals surface area contributed by atoms with Gasteiger partial charge in [0.05, 0.1) is 11.2 Å². The van der Waals surface area contributed by atoms with Gasteiger partial charge in [-0.2, -0.15) is 0 Å². The summed E-state index contributed by atoms with van der Waals surface area (Å²) < 4.78 is 17.7. The van der Waals surface area contributed by atoms with Gasteiger partial charge in [0.2, 0.25) is 0 Å². The molecule has 5 nitrogen and oxygen atoms in total. The molecule has 0 unspecified atom stereocenters. The number of rotatable bonds is 2. The second-order valence-electron chi connectivity index (χ2n) is 8.74. The van der Waals surface area contributed by atoms with Gasteiger partial charge in [0, 0.05) is 18.9 Å². The summed E-state index contributed by atoms with van der Waals surface area (Å²) in [4.78, 5) is 14.3. The molecule has 0 aliphatic carbocycles. The quantitative estimate of drug-likeness (QED) is 0.723. The van der Waals surface area contributed by atoms with E-state index in [9.17, 15) is 4.79 Å². The first kappa shape index (κ1) is 18.6. The van der Waals surface area contributed by atoms with E-state index in [1.807, 2.05) is 25.7 Å². The molecule has 2 rings (SSSR count). The first-order valence-electron chi connectivity index (χ1n) is 8.76. The Labute approximate surface area is 141 Å². The lowest BCUT2D eigenvalue weighted by Gasteiger charge is -2.37. The minimum atomic E-state index is -0.469. The number of likely N-dealkylation sites (tertiary alicyclic amines) is 1. The Morgan fingerprint density at radius 3 is 2.26 bits per heavy atom. The predicted molar refractivity (Wildman–Crippen MR) is 91.5 cm³/mol. The Hall–Kier alpha value is -0.745. The number of amides is 1. The average Bonchev–Trinajstić information content (AvgIpc) is 2.55. The maximum absolute atomic E-state index is 12.5. The Morgan fingerprint density at radius 1 is 1.17 bits per heavy atom. The lowest BCUT2D eigenvalue weighted by Crippen LogP contribution is -2.47. The van der Waals surface area contributed by atoms with Crippen LogP contribution in [0.3, 0.4) is 0 Å². The van der Waals surface area contributed by atoms with Crippen LogP contribution in [0.1, 0.15) is 67.7 Å². The van der Waals surface area contributed by atoms with Crippen molar-refractivity contribution in [1.82, 2.24) is 4.90 Å². The van der Waals surface area contributed by atoms with E-state index in [0.717, 1.165) is 25.8 Å². The lowest BCUT2D eigenvalue weighted by atomic mass is 9.77. The molecule has 0 saturated carbocycles. The van der Waals surface area contributed by atoms with E-state index in [1.165, 1.54) is 0 Å². The van der Waals surface area contributed by atoms with Crippen molar-refractivity contribution in [2.45, 2.75) is 96.9 Å². The number of nitrogens with zero attached hydrogens (tertiary/aromatic N) is 1. The van der Waals surface area contributed by atoms with Crippen LogP contribution in [0.4, 0.5) is 4.79 Å². The van der Waals surface area contributed by atoms with Crippen LogP contribution in [0.5, 0.6) is 0 Å². The van der Waals surface area contributed by atoms with Crippen molar-refractivity contribution >= 4 is 13.2 Å². The number of carbonyl (C=O) groups is 1. The van der Waals surface area contributed by atoms with E-state index in [-0.39, 0.29) is 30.5 Å². The van der Waals surface area contributed by atoms with Crippen LogP contribution in [0.15, 0.2) is 0 Å². The molecule has 2 aliphatic heterocycles. The summed E-state index contributed by atoms with van der Waals surface area (Å²) in [5.74, 6) is 0. The van der Waals surface area contributed by atoms with Crippen molar-refractivity contribution in [3.05, 3.63) is 0 Å². The van der Waals surface area contributed by atoms with Gasteiger partial charge >= 0.3 is 13.2 Å². The summed E-state index contributed by atoms with van der Waals surface area (Å²) in [6, 6.07) is 0.119. The van der Waals surface area contributed by atoms with Crippen LogP contribution in [-0.2, 0) is 14.0 Å². The van der Waals surface area contributed by atoms with Gasteiger partial charge in [-0.05, 0) is 67.7 Å². The lowest BCUT2D eigenvalue weighted by molar-refractivity contribution is 0.00578. The molecule has 2 saturated heterocycles. The molecule has 0 N–H and O–H groups in total. The van der Waals surface area contributed by atoms with E-state index >= 15 is 0 Å². The van der Waals surface area contributed by atoms with Crippen molar-refractivity contribution in [2.75, 3.05) is 6.54 Å². The van der Waals surface area contributed by atoms with Crippen molar-refractivity contribution in [2.24, 2.45) is 0 Å². The number of hydrogen-bond donors (Lipinski definition) is 0. The summed E-state index contributed by atoms with van der Waals surface area (Å²) in [7, 11) is -0.270. The number of hydrogen-bond acceptors (Lipinski definition) is 4. The van der Waals surface area contributed by atoms with Crippen LogP contribution >= 0.6 is 0 Å². The van der Waals surface area contributed by atoms with Crippen molar-refractivity contribution in [1.29, 1.82) is 0 Å². The zero-order valence-electron chi connectivity index (χ0n) is 15.8. The van der Waals surface area contributed by atoms with Gasteiger partial charge in [-0.3, -0.25) is 0 Å². The summed E-state index contributed by atoms with van der Waals surface area (Å²) in [6.07, 6.45) is 3.61. The zero-order valence-corrected chi connectivity index (χ0v) is 15.8. The van der Waals surface area contributed by atoms with Crippen LogP contribution in [0.2, 0.25) is 6.32 Å². The number of ether oxygens (including phenoxy) is 1. The largest absolute Gasteiger partial charge is 0.459 e. The van der Waals surface area contributed by atoms with Gasteiger partial charge < -0.3 is 18.9 Å². The Kier molecular flexibility index (Phi) is 5.08. The SMILES string of the molecule is CC(C)(C)OC(=O)N1CCCC[C@H]1CB1OC(C)(C)C(C)(C)O1. The molecule has 1 atom stereocenters. The fourth-order valence-corrected chi connectivity index (χ4v) is 3.09. The summed E-state index contributed by atoms with van der Waals surface area (Å²) in [6.45, 7) is 14.7. The molecule has 2 aliphatic rings. The zero-order chi connectivity index (χ0) is 17.5. The van der Waals surface area contributed by atoms with Crippen molar-refractivity contribution in [3.63, 3.8) is 0 Å². The van der Waals surface area contributed by atoms with E-state index in [1.54, 1.807) is 0 Å². The topological polar surface area (TPSA) is 48.0 Å². The predicted octanol–water partition coefficient (Wildman–Crippen LogP) is 3.87. The van der Waals surface area contributed by atoms with Crippen molar-refractivity contribution in [3.8, 4) is 0 Å². The normalized spacial score (nSPS) is 27.2. The van der Waals surface area contributed by atoms with Crippen LogP contribution in [0.25, 0.3) is 0 Å². The highest BCUT2D eigenvalue weighted by Gasteiger charge is 2.52. The first-order chi connectivity index (χ1) is 10.4. The molecule has 2 fully saturated rings. The summed E-state index contributed by atoms with van der Waals surface area (Å²) in [5.41, 5.74) is -1.13. The van der Waals surface area contributed by atoms with Crippen molar-refractivity contribution < 1.29 is 18.8 Å². The fourth-order valence-electron chi connectivity index (χ4n) is 3.09. The molecular weight excluding hydrogens is 293 g/mol. The Balaban J connectivity index is 2.01. The fraction of sp³-hybridized carbons (Fsp3) is 0.941. The van der Waals surface area contributed by atoms with Gasteiger partial charge in [0.25, 0.3) is 0 Å². The highest BCUT2D eigenvalue weighted by atomic mass is 16.7. The Bertz CT molecular complexity index is 428. The number of piperidine rings is 1. The first-order valence-corrected chi connectivity index (χ1v) is 8.76. The van der Waals surface area contributed by atoms with Gasteiger partial charge in [-0.15, -0.1) is 0 Å². The summed E-state index contributed by atoms with van der Waals surface area (Å²) in [5, 5.41) is 0. The van der Waals surface area contributed by atoms with E-state index in [0.29, 0.717) is 6.32 Å². The third kappa shape index (κ3) is 4.41. The van der Waals surface area contributed by atoms with Gasteiger partial charge in [-0.25, -0.2) is 4.79 Å². The smallest absolute Gasteiger partial charge is 0.444 e. The second-order valence-corrected chi connectivity index (χ2v) is 8.74. The van der Waals surface area contributed by atoms with E-state index < -0.39 is 5.60 Å². The van der Waals surface area contributed by atoms with Crippen LogP contribution in [-0.4, -0.2) is 47.5 Å². The molecule has 0 spiro atoms. The second kappa shape index (κ2) is 6.28. The maximum atomic E-state index is 12.5. The Morgan fingerprint density at radius 2 is 1.74 bits per heavy atom. The van der Waals surface area contributed by atoms with E-state index in [4.69, 9.17) is 14.0 Å². The third-order valence-corrected chi connectivity index (χ3v) is 5.02. The summed E-state index contributed by atoms with van der Waals surface area (Å²) >= 11 is 0. The molecule has 0 radical (unpaired) electrons. The minimum absolute atomic E-state index is 0.119. The highest BCUT2D eigenvalue weighted by Crippen LogP contribution is 2.39. The molecule has 132 valence electrons. The molecule has 6 heteroatoms. The minimum Gasteiger partial charge on any atom is -0.444 e. The number of carbonyl (C=O) groups excluding carboxylic acids is 1. The molecule has 0 aromatic rings. The standard InChI is InChI=1S/C17H32BNO4/c1-15(2,3)21-14(20)19-11-9-8-10-13(19)12-18-22-16(4,5)17(6,7)23-18/h13H,8-12H2,1-7H3/t13-/m0/s1. The third-order valence-electron chi connectivity index (χ3n) is 5.02.